The first-order valence-electron chi connectivity index (χ1n) is 9.33. The minimum absolute atomic E-state index is 0.119. The molecular formula is C22H18F2N2O3S. The van der Waals surface area contributed by atoms with Crippen molar-refractivity contribution in [1.82, 2.24) is 0 Å². The molecule has 1 amide bonds. The third kappa shape index (κ3) is 3.91. The van der Waals surface area contributed by atoms with Gasteiger partial charge in [0, 0.05) is 23.5 Å². The van der Waals surface area contributed by atoms with E-state index in [4.69, 9.17) is 0 Å². The van der Waals surface area contributed by atoms with Gasteiger partial charge in [0.15, 0.2) is 11.6 Å². The highest BCUT2D eigenvalue weighted by molar-refractivity contribution is 7.92. The van der Waals surface area contributed by atoms with Gasteiger partial charge in [-0.05, 0) is 66.9 Å². The summed E-state index contributed by atoms with van der Waals surface area (Å²) in [5, 5.41) is 0. The summed E-state index contributed by atoms with van der Waals surface area (Å²) in [4.78, 5) is 14.2. The Bertz CT molecular complexity index is 1210. The van der Waals surface area contributed by atoms with Gasteiger partial charge in [0.2, 0.25) is 0 Å². The number of nitrogens with one attached hydrogen (secondary N) is 1. The Morgan fingerprint density at radius 1 is 0.933 bits per heavy atom. The lowest BCUT2D eigenvalue weighted by atomic mass is 10.00. The number of hydrogen-bond donors (Lipinski definition) is 1. The second kappa shape index (κ2) is 7.87. The van der Waals surface area contributed by atoms with Crippen molar-refractivity contribution in [2.24, 2.45) is 0 Å². The molecule has 1 aliphatic rings. The molecule has 0 fully saturated rings. The molecule has 3 aromatic carbocycles. The van der Waals surface area contributed by atoms with Crippen LogP contribution in [0.5, 0.6) is 0 Å². The Labute approximate surface area is 173 Å². The molecule has 5 nitrogen and oxygen atoms in total. The molecule has 30 heavy (non-hydrogen) atoms. The fourth-order valence-corrected chi connectivity index (χ4v) is 4.53. The third-order valence-electron chi connectivity index (χ3n) is 4.92. The van der Waals surface area contributed by atoms with Crippen molar-refractivity contribution < 1.29 is 22.0 Å². The van der Waals surface area contributed by atoms with Crippen LogP contribution in [0.4, 0.5) is 20.2 Å². The number of fused-ring (bicyclic) bond motifs is 1. The van der Waals surface area contributed by atoms with Crippen LogP contribution in [0.2, 0.25) is 0 Å². The molecule has 0 atom stereocenters. The lowest BCUT2D eigenvalue weighted by Crippen LogP contribution is -2.35. The smallest absolute Gasteiger partial charge is 0.261 e. The first kappa shape index (κ1) is 20.0. The first-order valence-corrected chi connectivity index (χ1v) is 10.8. The SMILES string of the molecule is O=C(c1ccccc1)N1CCCc2cc(NS(=O)(=O)c3ccc(F)c(F)c3)ccc21. The standard InChI is InChI=1S/C22H18F2N2O3S/c23-19-10-9-18(14-20(19)24)30(28,29)25-17-8-11-21-16(13-17)7-4-12-26(21)22(27)15-5-2-1-3-6-15/h1-3,5-6,8-11,13-14,25H,4,7,12H2. The summed E-state index contributed by atoms with van der Waals surface area (Å²) < 4.78 is 54.0. The average Bonchev–Trinajstić information content (AvgIpc) is 2.75. The van der Waals surface area contributed by atoms with Gasteiger partial charge in [-0.1, -0.05) is 18.2 Å². The number of sulfonamides is 1. The van der Waals surface area contributed by atoms with E-state index in [9.17, 15) is 22.0 Å². The van der Waals surface area contributed by atoms with Gasteiger partial charge in [-0.15, -0.1) is 0 Å². The van der Waals surface area contributed by atoms with Crippen LogP contribution in [0.3, 0.4) is 0 Å². The van der Waals surface area contributed by atoms with E-state index in [0.717, 1.165) is 29.8 Å². The monoisotopic (exact) mass is 428 g/mol. The minimum atomic E-state index is -4.09. The number of rotatable bonds is 4. The van der Waals surface area contributed by atoms with Gasteiger partial charge >= 0.3 is 0 Å². The molecule has 0 unspecified atom stereocenters. The number of benzene rings is 3. The maximum absolute atomic E-state index is 13.4. The van der Waals surface area contributed by atoms with Crippen molar-refractivity contribution in [1.29, 1.82) is 0 Å². The van der Waals surface area contributed by atoms with E-state index in [1.54, 1.807) is 47.4 Å². The van der Waals surface area contributed by atoms with E-state index in [0.29, 0.717) is 24.6 Å². The van der Waals surface area contributed by atoms with Crippen molar-refractivity contribution in [3.8, 4) is 0 Å². The molecule has 0 spiro atoms. The molecule has 1 aliphatic heterocycles. The van der Waals surface area contributed by atoms with Crippen molar-refractivity contribution in [3.05, 3.63) is 89.5 Å². The predicted molar refractivity (Wildman–Crippen MR) is 110 cm³/mol. The molecule has 4 rings (SSSR count). The number of anilines is 2. The van der Waals surface area contributed by atoms with E-state index in [-0.39, 0.29) is 16.5 Å². The fourth-order valence-electron chi connectivity index (χ4n) is 3.47. The Morgan fingerprint density at radius 3 is 2.43 bits per heavy atom. The van der Waals surface area contributed by atoms with Crippen molar-refractivity contribution in [3.63, 3.8) is 0 Å². The van der Waals surface area contributed by atoms with Crippen LogP contribution >= 0.6 is 0 Å². The second-order valence-electron chi connectivity index (χ2n) is 6.95. The van der Waals surface area contributed by atoms with Gasteiger partial charge in [-0.2, -0.15) is 0 Å². The number of aryl methyl sites for hydroxylation is 1. The lowest BCUT2D eigenvalue weighted by Gasteiger charge is -2.30. The van der Waals surface area contributed by atoms with E-state index < -0.39 is 21.7 Å². The number of carbonyl (C=O) groups excluding carboxylic acids is 1. The van der Waals surface area contributed by atoms with E-state index in [1.807, 2.05) is 6.07 Å². The third-order valence-corrected chi connectivity index (χ3v) is 6.30. The minimum Gasteiger partial charge on any atom is -0.308 e. The highest BCUT2D eigenvalue weighted by atomic mass is 32.2. The van der Waals surface area contributed by atoms with Crippen LogP contribution in [-0.2, 0) is 16.4 Å². The van der Waals surface area contributed by atoms with Gasteiger partial charge in [-0.3, -0.25) is 9.52 Å². The molecule has 8 heteroatoms. The zero-order chi connectivity index (χ0) is 21.3. The van der Waals surface area contributed by atoms with Gasteiger partial charge < -0.3 is 4.90 Å². The summed E-state index contributed by atoms with van der Waals surface area (Å²) in [5.41, 5.74) is 2.42. The fraction of sp³-hybridized carbons (Fsp3) is 0.136. The van der Waals surface area contributed by atoms with Crippen LogP contribution < -0.4 is 9.62 Å². The van der Waals surface area contributed by atoms with Crippen LogP contribution in [0.25, 0.3) is 0 Å². The highest BCUT2D eigenvalue weighted by Gasteiger charge is 2.24. The predicted octanol–water partition coefficient (Wildman–Crippen LogP) is 4.36. The molecule has 0 aromatic heterocycles. The van der Waals surface area contributed by atoms with Gasteiger partial charge in [-0.25, -0.2) is 17.2 Å². The number of amides is 1. The van der Waals surface area contributed by atoms with Gasteiger partial charge in [0.25, 0.3) is 15.9 Å². The molecule has 0 aliphatic carbocycles. The van der Waals surface area contributed by atoms with Gasteiger partial charge in [0.05, 0.1) is 4.90 Å². The topological polar surface area (TPSA) is 66.5 Å². The zero-order valence-corrected chi connectivity index (χ0v) is 16.6. The zero-order valence-electron chi connectivity index (χ0n) is 15.8. The molecule has 3 aromatic rings. The molecule has 0 bridgehead atoms. The molecule has 154 valence electrons. The van der Waals surface area contributed by atoms with E-state index >= 15 is 0 Å². The molecule has 0 saturated heterocycles. The summed E-state index contributed by atoms with van der Waals surface area (Å²) >= 11 is 0. The Balaban J connectivity index is 1.61. The summed E-state index contributed by atoms with van der Waals surface area (Å²) in [6.07, 6.45) is 1.43. The number of nitrogens with zero attached hydrogens (tertiary/aromatic N) is 1. The second-order valence-corrected chi connectivity index (χ2v) is 8.63. The summed E-state index contributed by atoms with van der Waals surface area (Å²) in [7, 11) is -4.09. The summed E-state index contributed by atoms with van der Waals surface area (Å²) in [5.74, 6) is -2.48. The largest absolute Gasteiger partial charge is 0.308 e. The lowest BCUT2D eigenvalue weighted by molar-refractivity contribution is 0.0985. The molecule has 0 saturated carbocycles. The maximum Gasteiger partial charge on any atom is 0.261 e. The number of carbonyl (C=O) groups is 1. The molecule has 1 heterocycles. The average molecular weight is 428 g/mol. The molecule has 1 N–H and O–H groups in total. The van der Waals surface area contributed by atoms with Crippen molar-refractivity contribution in [2.75, 3.05) is 16.2 Å². The first-order chi connectivity index (χ1) is 14.3. The maximum atomic E-state index is 13.4. The Morgan fingerprint density at radius 2 is 1.70 bits per heavy atom. The number of hydrogen-bond acceptors (Lipinski definition) is 3. The Hall–Kier alpha value is -3.26. The van der Waals surface area contributed by atoms with Crippen LogP contribution in [0, 0.1) is 11.6 Å². The summed E-state index contributed by atoms with van der Waals surface area (Å²) in [6.45, 7) is 0.570. The van der Waals surface area contributed by atoms with Crippen molar-refractivity contribution in [2.45, 2.75) is 17.7 Å². The normalized spacial score (nSPS) is 13.6. The van der Waals surface area contributed by atoms with Crippen LogP contribution in [-0.4, -0.2) is 20.9 Å². The van der Waals surface area contributed by atoms with E-state index in [2.05, 4.69) is 4.72 Å². The quantitative estimate of drug-likeness (QED) is 0.672. The van der Waals surface area contributed by atoms with Gasteiger partial charge in [0.1, 0.15) is 0 Å². The highest BCUT2D eigenvalue weighted by Crippen LogP contribution is 2.31. The van der Waals surface area contributed by atoms with Crippen molar-refractivity contribution >= 4 is 27.3 Å². The van der Waals surface area contributed by atoms with Crippen LogP contribution in [0.1, 0.15) is 22.3 Å². The molecule has 0 radical (unpaired) electrons. The number of halogens is 2. The van der Waals surface area contributed by atoms with Crippen LogP contribution in [0.15, 0.2) is 71.6 Å². The summed E-state index contributed by atoms with van der Waals surface area (Å²) in [6, 6.07) is 16.2. The molecular weight excluding hydrogens is 410 g/mol. The van der Waals surface area contributed by atoms with E-state index in [1.165, 1.54) is 0 Å². The Kier molecular flexibility index (Phi) is 5.26.